The van der Waals surface area contributed by atoms with Gasteiger partial charge in [0.2, 0.25) is 0 Å². The Morgan fingerprint density at radius 2 is 0.464 bits per heavy atom. The molecule has 0 radical (unpaired) electrons. The SMILES string of the molecule is CC(C)(C(=O)c1ccc(SCCOCCCSCCC(=O)OCC(COC(=O)CCSCCCOCCSc2ccc(C(=O)C(C)(C)N3CCOCC3)cc2)(COC(=O)CCSCCCOCCSc2ccc(C(=O)C(C)(C)N3CCOCC3)cc2)COC(=O)CCSCCCOCCSc2ccc(C(=O)C(C)(C)N3CCOCC3)cc2)cc1)N1CCOCC1. The van der Waals surface area contributed by atoms with Crippen molar-refractivity contribution >= 4 is 141 Å². The first-order chi connectivity index (χ1) is 60.4. The van der Waals surface area contributed by atoms with Gasteiger partial charge in [0.15, 0.2) is 23.1 Å². The minimum atomic E-state index is -1.44. The van der Waals surface area contributed by atoms with Crippen LogP contribution in [0.3, 0.4) is 0 Å². The lowest BCUT2D eigenvalue weighted by Crippen LogP contribution is -2.54. The summed E-state index contributed by atoms with van der Waals surface area (Å²) in [5, 5.41) is 0. The quantitative estimate of drug-likeness (QED) is 0.0131. The van der Waals surface area contributed by atoms with Crippen molar-refractivity contribution in [2.75, 3.05) is 254 Å². The maximum absolute atomic E-state index is 13.7. The summed E-state index contributed by atoms with van der Waals surface area (Å²) in [5.41, 5.74) is -1.17. The highest BCUT2D eigenvalue weighted by Crippen LogP contribution is 2.32. The minimum absolute atomic E-state index is 0.0754. The number of esters is 4. The summed E-state index contributed by atoms with van der Waals surface area (Å²) in [6, 6.07) is 31.1. The maximum atomic E-state index is 13.7. The van der Waals surface area contributed by atoms with Crippen molar-refractivity contribution < 1.29 is 95.2 Å². The van der Waals surface area contributed by atoms with E-state index in [0.29, 0.717) is 151 Å². The normalized spacial score (nSPS) is 15.6. The number of hydrogen-bond acceptors (Lipinski definition) is 32. The topological polar surface area (TPSA) is 260 Å². The molecule has 0 spiro atoms. The molecule has 4 aromatic rings. The summed E-state index contributed by atoms with van der Waals surface area (Å²) in [4.78, 5) is 122. The molecule has 125 heavy (non-hydrogen) atoms. The van der Waals surface area contributed by atoms with Crippen LogP contribution in [0.1, 0.15) is 148 Å². The Labute approximate surface area is 776 Å². The molecular formula is C93H136N4O20S8. The number of nitrogens with zero attached hydrogens (tertiary/aromatic N) is 4. The third-order valence-electron chi connectivity index (χ3n) is 22.1. The molecule has 4 aromatic carbocycles. The molecule has 696 valence electrons. The van der Waals surface area contributed by atoms with Gasteiger partial charge < -0.3 is 56.8 Å². The average Bonchev–Trinajstić information content (AvgIpc) is 0.812. The zero-order valence-corrected chi connectivity index (χ0v) is 81.4. The highest BCUT2D eigenvalue weighted by Gasteiger charge is 2.42. The smallest absolute Gasteiger partial charge is 0.306 e. The van der Waals surface area contributed by atoms with Crippen LogP contribution in [0.2, 0.25) is 0 Å². The van der Waals surface area contributed by atoms with Crippen molar-refractivity contribution in [1.29, 1.82) is 0 Å². The number of rotatable bonds is 64. The summed E-state index contributed by atoms with van der Waals surface area (Å²) >= 11 is 13.1. The van der Waals surface area contributed by atoms with Crippen molar-refractivity contribution in [2.24, 2.45) is 5.41 Å². The van der Waals surface area contributed by atoms with Gasteiger partial charge in [-0.3, -0.25) is 58.0 Å². The first-order valence-corrected chi connectivity index (χ1v) is 52.6. The number of benzene rings is 4. The van der Waals surface area contributed by atoms with Crippen molar-refractivity contribution in [3.05, 3.63) is 119 Å². The molecule has 0 aliphatic carbocycles. The van der Waals surface area contributed by atoms with Crippen LogP contribution in [0.4, 0.5) is 0 Å². The van der Waals surface area contributed by atoms with Crippen molar-refractivity contribution in [3.63, 3.8) is 0 Å². The van der Waals surface area contributed by atoms with Crippen LogP contribution in [0.15, 0.2) is 117 Å². The molecule has 0 amide bonds. The fourth-order valence-electron chi connectivity index (χ4n) is 14.1. The lowest BCUT2D eigenvalue weighted by molar-refractivity contribution is -0.170. The third-order valence-corrected chi connectivity index (χ3v) is 30.3. The number of carbonyl (C=O) groups is 8. The number of carbonyl (C=O) groups excluding carboxylic acids is 8. The van der Waals surface area contributed by atoms with E-state index in [0.717, 1.165) is 144 Å². The molecule has 4 heterocycles. The van der Waals surface area contributed by atoms with E-state index in [1.165, 1.54) is 0 Å². The van der Waals surface area contributed by atoms with Crippen LogP contribution >= 0.6 is 94.1 Å². The molecule has 24 nitrogen and oxygen atoms in total. The van der Waals surface area contributed by atoms with Crippen molar-refractivity contribution in [1.82, 2.24) is 19.6 Å². The van der Waals surface area contributed by atoms with E-state index in [1.807, 2.05) is 152 Å². The lowest BCUT2D eigenvalue weighted by atomic mass is 9.91. The summed E-state index contributed by atoms with van der Waals surface area (Å²) < 4.78 is 69.7. The first kappa shape index (κ1) is 106. The van der Waals surface area contributed by atoms with E-state index in [4.69, 9.17) is 56.8 Å². The molecule has 0 unspecified atom stereocenters. The van der Waals surface area contributed by atoms with Gasteiger partial charge in [0.25, 0.3) is 0 Å². The Kier molecular flexibility index (Phi) is 49.8. The second-order valence-corrected chi connectivity index (χ2v) is 42.5. The number of hydrogen-bond donors (Lipinski definition) is 0. The highest BCUT2D eigenvalue weighted by molar-refractivity contribution is 8.00. The molecule has 0 aromatic heterocycles. The summed E-state index contributed by atoms with van der Waals surface area (Å²) in [7, 11) is 0. The minimum Gasteiger partial charge on any atom is -0.465 e. The first-order valence-electron chi connectivity index (χ1n) is 44.0. The van der Waals surface area contributed by atoms with Crippen LogP contribution in [-0.4, -0.2) is 342 Å². The van der Waals surface area contributed by atoms with Gasteiger partial charge in [-0.25, -0.2) is 0 Å². The maximum Gasteiger partial charge on any atom is 0.306 e. The second-order valence-electron chi connectivity index (χ2n) is 32.9. The standard InChI is InChI=1S/C93H136N4O20S8/c1-89(2,94-33-45-110-46-34-94)85(102)73-13-21-77(22-14-73)122-65-53-106-41-9-57-118-61-29-81(98)114-69-93(70-115-82(99)30-62-119-58-10-42-107-54-66-123-78-23-15-74(16-24-78)86(103)90(3,4)95-35-47-111-48-36-95,71-116-83(100)31-63-120-59-11-43-108-55-67-124-79-25-17-75(18-26-79)87(104)91(5,6)96-37-49-112-50-38-96)72-117-84(101)32-64-121-60-12-44-109-56-68-125-80-27-19-76(20-28-80)88(105)92(7,8)97-39-51-113-52-40-97/h13-28H,9-12,29-72H2,1-8H3. The predicted octanol–water partition coefficient (Wildman–Crippen LogP) is 14.6. The number of morpholine rings is 4. The Bertz CT molecular complexity index is 3330. The molecular weight excluding hydrogens is 1750 g/mol. The van der Waals surface area contributed by atoms with E-state index in [1.54, 1.807) is 94.1 Å². The van der Waals surface area contributed by atoms with E-state index >= 15 is 0 Å². The van der Waals surface area contributed by atoms with E-state index in [-0.39, 0.29) is 75.2 Å². The lowest BCUT2D eigenvalue weighted by Gasteiger charge is -2.39. The molecule has 4 aliphatic heterocycles. The molecule has 0 bridgehead atoms. The van der Waals surface area contributed by atoms with Crippen LogP contribution in [0.25, 0.3) is 0 Å². The number of Topliss-reactive ketones (excluding diaryl/α,β-unsaturated/α-hetero) is 4. The molecule has 8 rings (SSSR count). The Balaban J connectivity index is 0.779. The zero-order chi connectivity index (χ0) is 89.4. The number of ketones is 4. The molecule has 0 N–H and O–H groups in total. The van der Waals surface area contributed by atoms with Gasteiger partial charge in [0, 0.05) is 167 Å². The highest BCUT2D eigenvalue weighted by atomic mass is 32.2. The van der Waals surface area contributed by atoms with Gasteiger partial charge in [0.05, 0.1) is 127 Å². The van der Waals surface area contributed by atoms with Gasteiger partial charge in [-0.2, -0.15) is 47.0 Å². The van der Waals surface area contributed by atoms with Crippen LogP contribution < -0.4 is 0 Å². The number of ether oxygens (including phenoxy) is 12. The Hall–Kier alpha value is -4.24. The second kappa shape index (κ2) is 58.6. The molecule has 4 aliphatic rings. The molecule has 0 saturated carbocycles. The molecule has 0 atom stereocenters. The van der Waals surface area contributed by atoms with Crippen LogP contribution in [0, 0.1) is 5.41 Å². The zero-order valence-electron chi connectivity index (χ0n) is 74.9. The van der Waals surface area contributed by atoms with Crippen LogP contribution in [-0.2, 0) is 76.0 Å². The average molecular weight is 1890 g/mol. The fraction of sp³-hybridized carbons (Fsp3) is 0.656. The van der Waals surface area contributed by atoms with E-state index in [2.05, 4.69) is 19.6 Å². The van der Waals surface area contributed by atoms with Crippen molar-refractivity contribution in [2.45, 2.75) is 148 Å². The van der Waals surface area contributed by atoms with Gasteiger partial charge in [0.1, 0.15) is 31.8 Å². The van der Waals surface area contributed by atoms with Gasteiger partial charge in [-0.1, -0.05) is 48.5 Å². The summed E-state index contributed by atoms with van der Waals surface area (Å²) in [6.45, 7) is 29.6. The molecule has 4 fully saturated rings. The van der Waals surface area contributed by atoms with Crippen molar-refractivity contribution in [3.8, 4) is 0 Å². The Morgan fingerprint density at radius 3 is 0.656 bits per heavy atom. The monoisotopic (exact) mass is 1880 g/mol. The summed E-state index contributed by atoms with van der Waals surface area (Å²) in [6.07, 6.45) is 3.39. The molecule has 32 heteroatoms. The largest absolute Gasteiger partial charge is 0.465 e. The predicted molar refractivity (Wildman–Crippen MR) is 508 cm³/mol. The fourth-order valence-corrected chi connectivity index (χ4v) is 20.5. The molecule has 4 saturated heterocycles. The third kappa shape index (κ3) is 38.5. The van der Waals surface area contributed by atoms with Gasteiger partial charge >= 0.3 is 23.9 Å². The Morgan fingerprint density at radius 1 is 0.272 bits per heavy atom. The summed E-state index contributed by atoms with van der Waals surface area (Å²) in [5.74, 6) is 6.20. The van der Waals surface area contributed by atoms with Gasteiger partial charge in [-0.05, 0) is 153 Å². The number of thioether (sulfide) groups is 8. The van der Waals surface area contributed by atoms with E-state index < -0.39 is 51.4 Å². The van der Waals surface area contributed by atoms with Crippen LogP contribution in [0.5, 0.6) is 0 Å². The van der Waals surface area contributed by atoms with E-state index in [9.17, 15) is 38.4 Å². The van der Waals surface area contributed by atoms with Gasteiger partial charge in [-0.15, -0.1) is 47.0 Å².